The van der Waals surface area contributed by atoms with Crippen molar-refractivity contribution in [1.29, 1.82) is 0 Å². The largest absolute Gasteiger partial charge is 0.502 e. The Morgan fingerprint density at radius 2 is 2.29 bits per heavy atom. The van der Waals surface area contributed by atoms with Crippen molar-refractivity contribution in [2.45, 2.75) is 45.7 Å². The molecular weight excluding hydrogens is 218 g/mol. The molecule has 0 radical (unpaired) electrons. The van der Waals surface area contributed by atoms with E-state index in [4.69, 9.17) is 4.42 Å². The SMILES string of the molecule is Cc1cc(=O)c(O)c(CN2CCCCC2C)o1. The first kappa shape index (κ1) is 12.2. The van der Waals surface area contributed by atoms with Gasteiger partial charge in [-0.05, 0) is 33.2 Å². The lowest BCUT2D eigenvalue weighted by molar-refractivity contribution is 0.137. The van der Waals surface area contributed by atoms with Gasteiger partial charge in [-0.1, -0.05) is 6.42 Å². The van der Waals surface area contributed by atoms with Crippen LogP contribution in [0.3, 0.4) is 0 Å². The number of likely N-dealkylation sites (tertiary alicyclic amines) is 1. The number of rotatable bonds is 2. The summed E-state index contributed by atoms with van der Waals surface area (Å²) in [6.45, 7) is 5.41. The Morgan fingerprint density at radius 3 is 3.00 bits per heavy atom. The third-order valence-corrected chi connectivity index (χ3v) is 3.40. The van der Waals surface area contributed by atoms with E-state index in [0.717, 1.165) is 13.0 Å². The van der Waals surface area contributed by atoms with Gasteiger partial charge in [-0.3, -0.25) is 9.69 Å². The molecule has 1 saturated heterocycles. The van der Waals surface area contributed by atoms with Crippen LogP contribution in [0.15, 0.2) is 15.3 Å². The van der Waals surface area contributed by atoms with E-state index in [0.29, 0.717) is 24.1 Å². The Morgan fingerprint density at radius 1 is 1.53 bits per heavy atom. The first-order valence-electron chi connectivity index (χ1n) is 6.14. The molecule has 1 unspecified atom stereocenters. The fourth-order valence-corrected chi connectivity index (χ4v) is 2.35. The maximum absolute atomic E-state index is 11.5. The zero-order valence-electron chi connectivity index (χ0n) is 10.4. The molecular formula is C13H19NO3. The number of hydrogen-bond donors (Lipinski definition) is 1. The van der Waals surface area contributed by atoms with Crippen molar-refractivity contribution in [3.63, 3.8) is 0 Å². The van der Waals surface area contributed by atoms with E-state index in [9.17, 15) is 9.90 Å². The van der Waals surface area contributed by atoms with Crippen LogP contribution < -0.4 is 5.43 Å². The predicted molar refractivity (Wildman–Crippen MR) is 65.1 cm³/mol. The molecule has 4 nitrogen and oxygen atoms in total. The molecule has 0 amide bonds. The van der Waals surface area contributed by atoms with E-state index in [1.165, 1.54) is 18.9 Å². The standard InChI is InChI=1S/C13H19NO3/c1-9-5-3-4-6-14(9)8-12-13(16)11(15)7-10(2)17-12/h7,9,16H,3-6,8H2,1-2H3. The Kier molecular flexibility index (Phi) is 3.52. The first-order valence-corrected chi connectivity index (χ1v) is 6.14. The van der Waals surface area contributed by atoms with Crippen LogP contribution in [0.25, 0.3) is 0 Å². The van der Waals surface area contributed by atoms with Crippen molar-refractivity contribution < 1.29 is 9.52 Å². The molecule has 0 aliphatic carbocycles. The van der Waals surface area contributed by atoms with Gasteiger partial charge in [0.25, 0.3) is 0 Å². The van der Waals surface area contributed by atoms with Crippen LogP contribution in [0.2, 0.25) is 0 Å². The normalized spacial score (nSPS) is 21.6. The molecule has 1 fully saturated rings. The number of aryl methyl sites for hydroxylation is 1. The fraction of sp³-hybridized carbons (Fsp3) is 0.615. The minimum absolute atomic E-state index is 0.242. The highest BCUT2D eigenvalue weighted by atomic mass is 16.4. The number of aromatic hydroxyl groups is 1. The molecule has 1 atom stereocenters. The molecule has 0 spiro atoms. The van der Waals surface area contributed by atoms with Gasteiger partial charge in [0.05, 0.1) is 6.54 Å². The smallest absolute Gasteiger partial charge is 0.227 e. The molecule has 94 valence electrons. The van der Waals surface area contributed by atoms with Gasteiger partial charge in [0.2, 0.25) is 11.2 Å². The van der Waals surface area contributed by atoms with Gasteiger partial charge in [-0.2, -0.15) is 0 Å². The summed E-state index contributed by atoms with van der Waals surface area (Å²) in [5.41, 5.74) is -0.353. The highest BCUT2D eigenvalue weighted by Gasteiger charge is 2.21. The van der Waals surface area contributed by atoms with E-state index in [1.807, 2.05) is 0 Å². The molecule has 0 bridgehead atoms. The predicted octanol–water partition coefficient (Wildman–Crippen LogP) is 2.03. The summed E-state index contributed by atoms with van der Waals surface area (Å²) < 4.78 is 5.45. The highest BCUT2D eigenvalue weighted by Crippen LogP contribution is 2.22. The van der Waals surface area contributed by atoms with E-state index >= 15 is 0 Å². The third-order valence-electron chi connectivity index (χ3n) is 3.40. The molecule has 1 aliphatic heterocycles. The summed E-state index contributed by atoms with van der Waals surface area (Å²) in [7, 11) is 0. The minimum atomic E-state index is -0.353. The average Bonchev–Trinajstić information content (AvgIpc) is 2.28. The van der Waals surface area contributed by atoms with Crippen LogP contribution in [-0.2, 0) is 6.54 Å². The molecule has 0 saturated carbocycles. The third kappa shape index (κ3) is 2.69. The van der Waals surface area contributed by atoms with Crippen LogP contribution in [-0.4, -0.2) is 22.6 Å². The summed E-state index contributed by atoms with van der Waals surface area (Å²) in [5, 5.41) is 9.71. The second kappa shape index (κ2) is 4.92. The quantitative estimate of drug-likeness (QED) is 0.855. The van der Waals surface area contributed by atoms with E-state index < -0.39 is 0 Å². The lowest BCUT2D eigenvalue weighted by Crippen LogP contribution is -2.36. The van der Waals surface area contributed by atoms with Crippen molar-refractivity contribution in [2.75, 3.05) is 6.54 Å². The summed E-state index contributed by atoms with van der Waals surface area (Å²) in [6, 6.07) is 1.80. The lowest BCUT2D eigenvalue weighted by atomic mass is 10.0. The second-order valence-electron chi connectivity index (χ2n) is 4.81. The fourth-order valence-electron chi connectivity index (χ4n) is 2.35. The molecule has 17 heavy (non-hydrogen) atoms. The number of piperidine rings is 1. The number of hydrogen-bond acceptors (Lipinski definition) is 4. The average molecular weight is 237 g/mol. The van der Waals surface area contributed by atoms with Crippen molar-refractivity contribution in [3.8, 4) is 5.75 Å². The van der Waals surface area contributed by atoms with Crippen LogP contribution in [0.4, 0.5) is 0 Å². The zero-order chi connectivity index (χ0) is 12.4. The molecule has 4 heteroatoms. The molecule has 2 rings (SSSR count). The lowest BCUT2D eigenvalue weighted by Gasteiger charge is -2.32. The second-order valence-corrected chi connectivity index (χ2v) is 4.81. The van der Waals surface area contributed by atoms with Gasteiger partial charge in [0, 0.05) is 12.1 Å². The minimum Gasteiger partial charge on any atom is -0.502 e. The Hall–Kier alpha value is -1.29. The van der Waals surface area contributed by atoms with Crippen LogP contribution in [0.5, 0.6) is 5.75 Å². The molecule has 1 aromatic rings. The van der Waals surface area contributed by atoms with Crippen LogP contribution in [0.1, 0.15) is 37.7 Å². The molecule has 1 aliphatic rings. The summed E-state index contributed by atoms with van der Waals surface area (Å²) in [5.74, 6) is 0.699. The Labute approximate surface area is 101 Å². The van der Waals surface area contributed by atoms with Crippen molar-refractivity contribution in [3.05, 3.63) is 27.8 Å². The molecule has 1 aromatic heterocycles. The highest BCUT2D eigenvalue weighted by molar-refractivity contribution is 5.24. The van der Waals surface area contributed by atoms with Gasteiger partial charge >= 0.3 is 0 Å². The summed E-state index contributed by atoms with van der Waals surface area (Å²) in [6.07, 6.45) is 3.58. The van der Waals surface area contributed by atoms with Gasteiger partial charge < -0.3 is 9.52 Å². The molecule has 1 N–H and O–H groups in total. The van der Waals surface area contributed by atoms with Gasteiger partial charge in [0.1, 0.15) is 5.76 Å². The van der Waals surface area contributed by atoms with Crippen molar-refractivity contribution >= 4 is 0 Å². The topological polar surface area (TPSA) is 53.7 Å². The Bertz CT molecular complexity index is 452. The maximum atomic E-state index is 11.5. The van der Waals surface area contributed by atoms with E-state index in [-0.39, 0.29) is 11.2 Å². The van der Waals surface area contributed by atoms with Gasteiger partial charge in [-0.15, -0.1) is 0 Å². The van der Waals surface area contributed by atoms with E-state index in [2.05, 4.69) is 11.8 Å². The first-order chi connectivity index (χ1) is 8.08. The molecule has 0 aromatic carbocycles. The van der Waals surface area contributed by atoms with E-state index in [1.54, 1.807) is 6.92 Å². The van der Waals surface area contributed by atoms with Crippen LogP contribution in [0, 0.1) is 6.92 Å². The monoisotopic (exact) mass is 237 g/mol. The summed E-state index contributed by atoms with van der Waals surface area (Å²) >= 11 is 0. The van der Waals surface area contributed by atoms with Crippen LogP contribution >= 0.6 is 0 Å². The van der Waals surface area contributed by atoms with Crippen molar-refractivity contribution in [1.82, 2.24) is 4.90 Å². The summed E-state index contributed by atoms with van der Waals surface area (Å²) in [4.78, 5) is 13.7. The van der Waals surface area contributed by atoms with Gasteiger partial charge in [-0.25, -0.2) is 0 Å². The number of nitrogens with zero attached hydrogens (tertiary/aromatic N) is 1. The van der Waals surface area contributed by atoms with Gasteiger partial charge in [0.15, 0.2) is 5.76 Å². The molecule has 2 heterocycles. The zero-order valence-corrected chi connectivity index (χ0v) is 10.4. The Balaban J connectivity index is 2.20. The maximum Gasteiger partial charge on any atom is 0.227 e. The van der Waals surface area contributed by atoms with Crippen molar-refractivity contribution in [2.24, 2.45) is 0 Å².